The monoisotopic (exact) mass is 279 g/mol. The van der Waals surface area contributed by atoms with E-state index in [2.05, 4.69) is 4.74 Å². The summed E-state index contributed by atoms with van der Waals surface area (Å²) in [6, 6.07) is 7.56. The molecule has 0 saturated carbocycles. The number of rotatable bonds is 3. The Kier molecular flexibility index (Phi) is 4.36. The Morgan fingerprint density at radius 2 is 1.75 bits per heavy atom. The lowest BCUT2D eigenvalue weighted by Crippen LogP contribution is -2.36. The van der Waals surface area contributed by atoms with Gasteiger partial charge in [-0.05, 0) is 12.0 Å². The summed E-state index contributed by atoms with van der Waals surface area (Å²) in [5, 5.41) is 11.1. The van der Waals surface area contributed by atoms with Gasteiger partial charge in [0.1, 0.15) is 6.04 Å². The summed E-state index contributed by atoms with van der Waals surface area (Å²) in [6.45, 7) is 0. The molecule has 6 heteroatoms. The summed E-state index contributed by atoms with van der Waals surface area (Å²) in [5.74, 6) is -1.64. The molecule has 1 N–H and O–H groups in total. The number of hydrogen-bond acceptors (Lipinski definition) is 6. The molecule has 0 aliphatic carbocycles. The number of ether oxygens (including phenoxy) is 2. The molecule has 1 aliphatic rings. The second kappa shape index (κ2) is 6.02. The fourth-order valence-electron chi connectivity index (χ4n) is 2.61. The van der Waals surface area contributed by atoms with Gasteiger partial charge in [0.2, 0.25) is 0 Å². The van der Waals surface area contributed by atoms with Crippen molar-refractivity contribution in [1.29, 1.82) is 0 Å². The van der Waals surface area contributed by atoms with Gasteiger partial charge in [0.15, 0.2) is 0 Å². The molecule has 0 spiro atoms. The summed E-state index contributed by atoms with van der Waals surface area (Å²) in [7, 11) is 2.54. The van der Waals surface area contributed by atoms with Gasteiger partial charge in [-0.3, -0.25) is 9.59 Å². The molecule has 2 rings (SSSR count). The number of hydrogen-bond donors (Lipinski definition) is 1. The zero-order valence-corrected chi connectivity index (χ0v) is 11.4. The second-order valence-corrected chi connectivity index (χ2v) is 4.64. The van der Waals surface area contributed by atoms with Gasteiger partial charge in [-0.1, -0.05) is 30.3 Å². The molecule has 1 aromatic carbocycles. The number of carbonyl (C=O) groups is 2. The third kappa shape index (κ3) is 2.52. The quantitative estimate of drug-likeness (QED) is 0.837. The van der Waals surface area contributed by atoms with Crippen molar-refractivity contribution in [3.05, 3.63) is 35.9 Å². The zero-order valence-electron chi connectivity index (χ0n) is 11.4. The van der Waals surface area contributed by atoms with E-state index in [0.717, 1.165) is 10.6 Å². The topological polar surface area (TPSA) is 76.1 Å². The zero-order chi connectivity index (χ0) is 14.7. The molecule has 0 amide bonds. The second-order valence-electron chi connectivity index (χ2n) is 4.64. The van der Waals surface area contributed by atoms with Crippen LogP contribution in [0.3, 0.4) is 0 Å². The largest absolute Gasteiger partial charge is 0.469 e. The molecule has 0 radical (unpaired) electrons. The van der Waals surface area contributed by atoms with Crippen LogP contribution in [0.15, 0.2) is 30.3 Å². The van der Waals surface area contributed by atoms with Crippen molar-refractivity contribution in [3.63, 3.8) is 0 Å². The van der Waals surface area contributed by atoms with Crippen molar-refractivity contribution in [3.8, 4) is 0 Å². The van der Waals surface area contributed by atoms with E-state index in [1.807, 2.05) is 18.2 Å². The number of esters is 2. The average Bonchev–Trinajstić information content (AvgIpc) is 2.84. The summed E-state index contributed by atoms with van der Waals surface area (Å²) >= 11 is 0. The van der Waals surface area contributed by atoms with E-state index in [9.17, 15) is 14.8 Å². The number of carbonyl (C=O) groups excluding carboxylic acids is 2. The van der Waals surface area contributed by atoms with Crippen LogP contribution in [0, 0.1) is 5.92 Å². The van der Waals surface area contributed by atoms with E-state index in [4.69, 9.17) is 4.74 Å². The van der Waals surface area contributed by atoms with E-state index < -0.39 is 29.9 Å². The van der Waals surface area contributed by atoms with Gasteiger partial charge in [0.05, 0.1) is 26.2 Å². The Bertz CT molecular complexity index is 490. The highest BCUT2D eigenvalue weighted by Gasteiger charge is 2.49. The molecule has 0 unspecified atom stereocenters. The lowest BCUT2D eigenvalue weighted by molar-refractivity contribution is -0.177. The lowest BCUT2D eigenvalue weighted by atomic mass is 9.93. The Labute approximate surface area is 116 Å². The summed E-state index contributed by atoms with van der Waals surface area (Å²) in [4.78, 5) is 23.6. The standard InChI is InChI=1S/C14H17NO5/c1-19-13(16)10-8-11(14(17)20-2)15(18)12(10)9-6-4-3-5-7-9/h3-7,10-12,18H,8H2,1-2H3/t10-,11+,12+/m1/s1. The molecular formula is C14H17NO5. The van der Waals surface area contributed by atoms with E-state index >= 15 is 0 Å². The van der Waals surface area contributed by atoms with Crippen LogP contribution in [0.4, 0.5) is 0 Å². The minimum Gasteiger partial charge on any atom is -0.469 e. The highest BCUT2D eigenvalue weighted by Crippen LogP contribution is 2.40. The van der Waals surface area contributed by atoms with Crippen molar-refractivity contribution in [2.24, 2.45) is 5.92 Å². The van der Waals surface area contributed by atoms with E-state index in [-0.39, 0.29) is 6.42 Å². The van der Waals surface area contributed by atoms with Crippen LogP contribution < -0.4 is 0 Å². The van der Waals surface area contributed by atoms with Gasteiger partial charge in [0, 0.05) is 0 Å². The SMILES string of the molecule is COC(=O)[C@@H]1C[C@@H](C(=O)OC)N(O)[C@H]1c1ccccc1. The Morgan fingerprint density at radius 3 is 2.30 bits per heavy atom. The Balaban J connectivity index is 2.34. The van der Waals surface area contributed by atoms with Gasteiger partial charge in [-0.15, -0.1) is 0 Å². The molecule has 3 atom stereocenters. The van der Waals surface area contributed by atoms with Gasteiger partial charge in [0.25, 0.3) is 0 Å². The molecule has 20 heavy (non-hydrogen) atoms. The smallest absolute Gasteiger partial charge is 0.325 e. The van der Waals surface area contributed by atoms with Gasteiger partial charge in [-0.2, -0.15) is 5.06 Å². The van der Waals surface area contributed by atoms with Crippen LogP contribution in [0.1, 0.15) is 18.0 Å². The maximum absolute atomic E-state index is 11.9. The fourth-order valence-corrected chi connectivity index (χ4v) is 2.61. The van der Waals surface area contributed by atoms with E-state index in [1.54, 1.807) is 12.1 Å². The first-order valence-corrected chi connectivity index (χ1v) is 6.28. The fraction of sp³-hybridized carbons (Fsp3) is 0.429. The normalized spacial score (nSPS) is 26.2. The third-order valence-corrected chi connectivity index (χ3v) is 3.58. The Hall–Kier alpha value is -1.92. The van der Waals surface area contributed by atoms with Crippen LogP contribution in [0.2, 0.25) is 0 Å². The first kappa shape index (κ1) is 14.5. The van der Waals surface area contributed by atoms with Crippen LogP contribution in [-0.2, 0) is 19.1 Å². The first-order valence-electron chi connectivity index (χ1n) is 6.28. The lowest BCUT2D eigenvalue weighted by Gasteiger charge is -2.24. The third-order valence-electron chi connectivity index (χ3n) is 3.58. The molecule has 1 fully saturated rings. The van der Waals surface area contributed by atoms with Crippen molar-refractivity contribution in [2.75, 3.05) is 14.2 Å². The number of nitrogens with zero attached hydrogens (tertiary/aromatic N) is 1. The minimum atomic E-state index is -0.866. The number of hydroxylamine groups is 2. The van der Waals surface area contributed by atoms with Crippen molar-refractivity contribution in [1.82, 2.24) is 5.06 Å². The molecule has 0 bridgehead atoms. The molecule has 1 aliphatic heterocycles. The maximum atomic E-state index is 11.9. The van der Waals surface area contributed by atoms with Crippen LogP contribution in [0.25, 0.3) is 0 Å². The maximum Gasteiger partial charge on any atom is 0.325 e. The molecule has 0 aromatic heterocycles. The molecule has 6 nitrogen and oxygen atoms in total. The Morgan fingerprint density at radius 1 is 1.15 bits per heavy atom. The molecule has 1 heterocycles. The average molecular weight is 279 g/mol. The van der Waals surface area contributed by atoms with Crippen LogP contribution in [0.5, 0.6) is 0 Å². The number of methoxy groups -OCH3 is 2. The molecule has 108 valence electrons. The van der Waals surface area contributed by atoms with Crippen LogP contribution >= 0.6 is 0 Å². The van der Waals surface area contributed by atoms with Crippen molar-refractivity contribution < 1.29 is 24.3 Å². The predicted molar refractivity (Wildman–Crippen MR) is 68.7 cm³/mol. The van der Waals surface area contributed by atoms with E-state index in [0.29, 0.717) is 0 Å². The first-order chi connectivity index (χ1) is 9.60. The summed E-state index contributed by atoms with van der Waals surface area (Å²) in [5.41, 5.74) is 0.747. The molecule has 1 saturated heterocycles. The summed E-state index contributed by atoms with van der Waals surface area (Å²) < 4.78 is 9.42. The van der Waals surface area contributed by atoms with Gasteiger partial charge in [-0.25, -0.2) is 0 Å². The highest BCUT2D eigenvalue weighted by molar-refractivity contribution is 5.80. The minimum absolute atomic E-state index is 0.162. The van der Waals surface area contributed by atoms with Crippen LogP contribution in [-0.4, -0.2) is 42.5 Å². The van der Waals surface area contributed by atoms with Crippen molar-refractivity contribution in [2.45, 2.75) is 18.5 Å². The molecule has 1 aromatic rings. The summed E-state index contributed by atoms with van der Waals surface area (Å²) in [6.07, 6.45) is 0.162. The van der Waals surface area contributed by atoms with Gasteiger partial charge >= 0.3 is 11.9 Å². The van der Waals surface area contributed by atoms with Gasteiger partial charge < -0.3 is 14.7 Å². The molecular weight excluding hydrogens is 262 g/mol. The van der Waals surface area contributed by atoms with E-state index in [1.165, 1.54) is 14.2 Å². The number of benzene rings is 1. The highest BCUT2D eigenvalue weighted by atomic mass is 16.5. The van der Waals surface area contributed by atoms with Crippen molar-refractivity contribution >= 4 is 11.9 Å². The predicted octanol–water partition coefficient (Wildman–Crippen LogP) is 1.15.